The third-order valence-electron chi connectivity index (χ3n) is 3.27. The predicted molar refractivity (Wildman–Crippen MR) is 109 cm³/mol. The zero-order valence-electron chi connectivity index (χ0n) is 17.4. The minimum absolute atomic E-state index is 0.0570. The molecule has 2 N–H and O–H groups in total. The Kier molecular flexibility index (Phi) is 28.0. The van der Waals surface area contributed by atoms with Crippen LogP contribution in [0.25, 0.3) is 0 Å². The van der Waals surface area contributed by atoms with E-state index in [1.165, 1.54) is 38.5 Å². The summed E-state index contributed by atoms with van der Waals surface area (Å²) in [5.74, 6) is 0.159. The molecule has 0 aliphatic carbocycles. The maximum atomic E-state index is 9.00. The van der Waals surface area contributed by atoms with E-state index in [9.17, 15) is 0 Å². The molecular formula is C20H42O4Sn. The van der Waals surface area contributed by atoms with Gasteiger partial charge in [-0.3, -0.25) is 9.59 Å². The van der Waals surface area contributed by atoms with Crippen LogP contribution in [0.2, 0.25) is 8.87 Å². The summed E-state index contributed by atoms with van der Waals surface area (Å²) in [4.78, 5) is 18.0. The molecule has 0 bridgehead atoms. The van der Waals surface area contributed by atoms with Crippen LogP contribution >= 0.6 is 0 Å². The first-order valence-corrected chi connectivity index (χ1v) is 13.7. The van der Waals surface area contributed by atoms with E-state index in [0.717, 1.165) is 25.7 Å². The standard InChI is InChI=1S/2C8H17.2C2H4O2.Sn/c2*1-4-5-6-7-8(2)3;2*1-2(3)4;/h2*8H,1,4-7H2,2-3H3;2*1H3,(H,3,4);. The first kappa shape index (κ1) is 29.5. The average molecular weight is 465 g/mol. The van der Waals surface area contributed by atoms with E-state index in [0.29, 0.717) is 0 Å². The summed E-state index contributed by atoms with van der Waals surface area (Å²) in [7, 11) is 0. The average Bonchev–Trinajstić information content (AvgIpc) is 2.42. The second-order valence-electron chi connectivity index (χ2n) is 7.27. The Morgan fingerprint density at radius 1 is 0.680 bits per heavy atom. The number of rotatable bonds is 12. The molecule has 0 heterocycles. The van der Waals surface area contributed by atoms with Crippen molar-refractivity contribution in [1.82, 2.24) is 0 Å². The van der Waals surface area contributed by atoms with Crippen molar-refractivity contribution >= 4 is 33.1 Å². The van der Waals surface area contributed by atoms with E-state index in [4.69, 9.17) is 19.8 Å². The van der Waals surface area contributed by atoms with Gasteiger partial charge in [0.05, 0.1) is 0 Å². The maximum absolute atomic E-state index is 9.00. The van der Waals surface area contributed by atoms with Crippen LogP contribution in [0.1, 0.15) is 92.9 Å². The van der Waals surface area contributed by atoms with Gasteiger partial charge in [-0.25, -0.2) is 0 Å². The van der Waals surface area contributed by atoms with Gasteiger partial charge in [0.2, 0.25) is 0 Å². The Morgan fingerprint density at radius 2 is 0.960 bits per heavy atom. The van der Waals surface area contributed by atoms with Crippen LogP contribution in [0.3, 0.4) is 0 Å². The second kappa shape index (κ2) is 23.7. The number of carboxylic acids is 2. The van der Waals surface area contributed by atoms with E-state index in [-0.39, 0.29) is 21.1 Å². The van der Waals surface area contributed by atoms with Crippen molar-refractivity contribution in [3.63, 3.8) is 0 Å². The van der Waals surface area contributed by atoms with Crippen LogP contribution in [0.5, 0.6) is 0 Å². The molecule has 0 fully saturated rings. The summed E-state index contributed by atoms with van der Waals surface area (Å²) >= 11 is 0.0570. The second-order valence-corrected chi connectivity index (χ2v) is 11.6. The summed E-state index contributed by atoms with van der Waals surface area (Å²) in [5, 5.41) is 14.8. The van der Waals surface area contributed by atoms with Crippen molar-refractivity contribution in [2.75, 3.05) is 0 Å². The molecule has 2 radical (unpaired) electrons. The summed E-state index contributed by atoms with van der Waals surface area (Å²) in [5.41, 5.74) is 0. The predicted octanol–water partition coefficient (Wildman–Crippen LogP) is 6.14. The van der Waals surface area contributed by atoms with Crippen molar-refractivity contribution < 1.29 is 19.8 Å². The SMILES string of the molecule is CC(=O)O.CC(=O)O.CC(C)CCCC[CH2][Sn][CH2]CCCCC(C)C. The van der Waals surface area contributed by atoms with Crippen LogP contribution in [0.4, 0.5) is 0 Å². The molecule has 5 heteroatoms. The number of unbranched alkanes of at least 4 members (excludes halogenated alkanes) is 4. The quantitative estimate of drug-likeness (QED) is 0.268. The Labute approximate surface area is 166 Å². The molecule has 0 saturated heterocycles. The third-order valence-corrected chi connectivity index (χ3v) is 7.31. The number of carboxylic acid groups (broad SMARTS) is 2. The molecule has 0 aromatic carbocycles. The number of hydrogen-bond donors (Lipinski definition) is 2. The molecule has 0 aromatic heterocycles. The fourth-order valence-corrected chi connectivity index (χ4v) is 5.65. The Hall–Kier alpha value is -0.261. The van der Waals surface area contributed by atoms with E-state index >= 15 is 0 Å². The summed E-state index contributed by atoms with van der Waals surface area (Å²) in [6.45, 7) is 11.5. The van der Waals surface area contributed by atoms with Gasteiger partial charge in [-0.05, 0) is 0 Å². The van der Waals surface area contributed by atoms with E-state index in [1.54, 1.807) is 21.7 Å². The molecule has 0 amide bonds. The van der Waals surface area contributed by atoms with Crippen LogP contribution in [0, 0.1) is 11.8 Å². The van der Waals surface area contributed by atoms with Gasteiger partial charge in [0.15, 0.2) is 0 Å². The van der Waals surface area contributed by atoms with Gasteiger partial charge < -0.3 is 10.2 Å². The Balaban J connectivity index is -0.000000503. The van der Waals surface area contributed by atoms with E-state index in [1.807, 2.05) is 0 Å². The summed E-state index contributed by atoms with van der Waals surface area (Å²) in [6.07, 6.45) is 12.0. The molecule has 150 valence electrons. The molecule has 0 saturated carbocycles. The van der Waals surface area contributed by atoms with Crippen molar-refractivity contribution in [3.05, 3.63) is 0 Å². The molecular weight excluding hydrogens is 423 g/mol. The zero-order valence-corrected chi connectivity index (χ0v) is 20.3. The minimum atomic E-state index is -0.833. The molecule has 0 atom stereocenters. The molecule has 0 spiro atoms. The van der Waals surface area contributed by atoms with Gasteiger partial charge in [-0.15, -0.1) is 0 Å². The first-order chi connectivity index (χ1) is 11.6. The van der Waals surface area contributed by atoms with Gasteiger partial charge in [-0.2, -0.15) is 0 Å². The number of aliphatic carboxylic acids is 2. The molecule has 0 aliphatic rings. The van der Waals surface area contributed by atoms with Crippen LogP contribution in [-0.2, 0) is 9.59 Å². The number of carbonyl (C=O) groups is 2. The Bertz CT molecular complexity index is 255. The van der Waals surface area contributed by atoms with Crippen LogP contribution in [0.15, 0.2) is 0 Å². The van der Waals surface area contributed by atoms with Crippen LogP contribution < -0.4 is 0 Å². The van der Waals surface area contributed by atoms with Crippen LogP contribution in [-0.4, -0.2) is 43.3 Å². The molecule has 0 aromatic rings. The molecule has 4 nitrogen and oxygen atoms in total. The molecule has 25 heavy (non-hydrogen) atoms. The summed E-state index contributed by atoms with van der Waals surface area (Å²) < 4.78 is 3.29. The van der Waals surface area contributed by atoms with E-state index in [2.05, 4.69) is 27.7 Å². The molecule has 0 rings (SSSR count). The van der Waals surface area contributed by atoms with Gasteiger partial charge in [0, 0.05) is 13.8 Å². The summed E-state index contributed by atoms with van der Waals surface area (Å²) in [6, 6.07) is 0. The monoisotopic (exact) mass is 466 g/mol. The number of hydrogen-bond acceptors (Lipinski definition) is 2. The fourth-order valence-electron chi connectivity index (χ4n) is 2.08. The first-order valence-electron chi connectivity index (χ1n) is 9.69. The van der Waals surface area contributed by atoms with Crippen molar-refractivity contribution in [2.45, 2.75) is 102 Å². The zero-order chi connectivity index (χ0) is 20.1. The normalized spacial score (nSPS) is 9.92. The van der Waals surface area contributed by atoms with Gasteiger partial charge in [0.1, 0.15) is 0 Å². The van der Waals surface area contributed by atoms with Crippen molar-refractivity contribution in [1.29, 1.82) is 0 Å². The van der Waals surface area contributed by atoms with Gasteiger partial charge >= 0.3 is 121 Å². The molecule has 0 aliphatic heterocycles. The van der Waals surface area contributed by atoms with Crippen molar-refractivity contribution in [2.24, 2.45) is 11.8 Å². The molecule has 0 unspecified atom stereocenters. The fraction of sp³-hybridized carbons (Fsp3) is 0.900. The van der Waals surface area contributed by atoms with Gasteiger partial charge in [0.25, 0.3) is 11.9 Å². The van der Waals surface area contributed by atoms with Crippen molar-refractivity contribution in [3.8, 4) is 0 Å². The van der Waals surface area contributed by atoms with Gasteiger partial charge in [-0.1, -0.05) is 0 Å². The van der Waals surface area contributed by atoms with E-state index < -0.39 is 11.9 Å². The Morgan fingerprint density at radius 3 is 1.20 bits per heavy atom. The topological polar surface area (TPSA) is 74.6 Å². The third kappa shape index (κ3) is 59.4.